The second-order valence-electron chi connectivity index (χ2n) is 4.70. The number of nitrogens with two attached hydrogens (primary N) is 1. The van der Waals surface area contributed by atoms with E-state index in [4.69, 9.17) is 5.73 Å². The van der Waals surface area contributed by atoms with E-state index in [9.17, 15) is 4.39 Å². The van der Waals surface area contributed by atoms with Crippen molar-refractivity contribution >= 4 is 0 Å². The first-order valence-electron chi connectivity index (χ1n) is 6.80. The molecular weight excluding hydrogens is 237 g/mol. The minimum absolute atomic E-state index is 0.224. The van der Waals surface area contributed by atoms with Crippen molar-refractivity contribution in [3.8, 4) is 11.1 Å². The molecule has 0 aromatic heterocycles. The Kier molecular flexibility index (Phi) is 4.33. The SMILES string of the molecule is CCc1ccc(-c2ccc(CN)c(F)c2)cc1CC. The summed E-state index contributed by atoms with van der Waals surface area (Å²) in [6, 6.07) is 11.6. The zero-order valence-corrected chi connectivity index (χ0v) is 11.5. The van der Waals surface area contributed by atoms with Crippen LogP contribution < -0.4 is 5.73 Å². The molecule has 2 aromatic carbocycles. The van der Waals surface area contributed by atoms with Crippen molar-refractivity contribution in [3.05, 3.63) is 58.9 Å². The van der Waals surface area contributed by atoms with Gasteiger partial charge in [-0.25, -0.2) is 4.39 Å². The van der Waals surface area contributed by atoms with Crippen LogP contribution in [0.4, 0.5) is 4.39 Å². The third-order valence-corrected chi connectivity index (χ3v) is 3.57. The maximum absolute atomic E-state index is 13.8. The Hall–Kier alpha value is -1.67. The lowest BCUT2D eigenvalue weighted by atomic mass is 9.96. The first kappa shape index (κ1) is 13.8. The minimum Gasteiger partial charge on any atom is -0.326 e. The van der Waals surface area contributed by atoms with Crippen molar-refractivity contribution < 1.29 is 4.39 Å². The molecule has 0 aliphatic rings. The second-order valence-corrected chi connectivity index (χ2v) is 4.70. The molecule has 0 fully saturated rings. The van der Waals surface area contributed by atoms with E-state index < -0.39 is 0 Å². The average Bonchev–Trinajstić information content (AvgIpc) is 2.46. The topological polar surface area (TPSA) is 26.0 Å². The third-order valence-electron chi connectivity index (χ3n) is 3.57. The average molecular weight is 257 g/mol. The molecule has 19 heavy (non-hydrogen) atoms. The highest BCUT2D eigenvalue weighted by Crippen LogP contribution is 2.25. The van der Waals surface area contributed by atoms with E-state index in [1.165, 1.54) is 11.1 Å². The van der Waals surface area contributed by atoms with Gasteiger partial charge in [0.25, 0.3) is 0 Å². The highest BCUT2D eigenvalue weighted by Gasteiger charge is 2.06. The summed E-state index contributed by atoms with van der Waals surface area (Å²) in [4.78, 5) is 0. The first-order chi connectivity index (χ1) is 9.19. The highest BCUT2D eigenvalue weighted by molar-refractivity contribution is 5.65. The van der Waals surface area contributed by atoms with E-state index >= 15 is 0 Å². The number of hydrogen-bond acceptors (Lipinski definition) is 1. The van der Waals surface area contributed by atoms with E-state index in [2.05, 4.69) is 32.0 Å². The minimum atomic E-state index is -0.224. The highest BCUT2D eigenvalue weighted by atomic mass is 19.1. The van der Waals surface area contributed by atoms with Crippen molar-refractivity contribution in [1.82, 2.24) is 0 Å². The molecule has 0 aliphatic heterocycles. The van der Waals surface area contributed by atoms with Gasteiger partial charge in [-0.3, -0.25) is 0 Å². The monoisotopic (exact) mass is 257 g/mol. The van der Waals surface area contributed by atoms with Crippen LogP contribution >= 0.6 is 0 Å². The molecule has 2 heteroatoms. The van der Waals surface area contributed by atoms with Gasteiger partial charge in [-0.1, -0.05) is 44.2 Å². The summed E-state index contributed by atoms with van der Waals surface area (Å²) in [7, 11) is 0. The summed E-state index contributed by atoms with van der Waals surface area (Å²) in [6.07, 6.45) is 2.03. The van der Waals surface area contributed by atoms with Gasteiger partial charge in [-0.2, -0.15) is 0 Å². The van der Waals surface area contributed by atoms with E-state index in [-0.39, 0.29) is 12.4 Å². The van der Waals surface area contributed by atoms with Crippen molar-refractivity contribution in [3.63, 3.8) is 0 Å². The normalized spacial score (nSPS) is 10.7. The molecule has 0 spiro atoms. The molecule has 0 radical (unpaired) electrons. The maximum atomic E-state index is 13.8. The molecule has 0 heterocycles. The number of halogens is 1. The summed E-state index contributed by atoms with van der Waals surface area (Å²) in [5, 5.41) is 0. The summed E-state index contributed by atoms with van der Waals surface area (Å²) in [5.74, 6) is -0.224. The summed E-state index contributed by atoms with van der Waals surface area (Å²) in [6.45, 7) is 4.54. The Bertz CT molecular complexity index is 575. The Morgan fingerprint density at radius 2 is 1.42 bits per heavy atom. The van der Waals surface area contributed by atoms with Gasteiger partial charge in [0.05, 0.1) is 0 Å². The fourth-order valence-electron chi connectivity index (χ4n) is 2.37. The van der Waals surface area contributed by atoms with Crippen LogP contribution in [0.2, 0.25) is 0 Å². The van der Waals surface area contributed by atoms with Crippen LogP contribution in [0.25, 0.3) is 11.1 Å². The third kappa shape index (κ3) is 2.85. The fourth-order valence-corrected chi connectivity index (χ4v) is 2.37. The summed E-state index contributed by atoms with van der Waals surface area (Å²) < 4.78 is 13.8. The lowest BCUT2D eigenvalue weighted by molar-refractivity contribution is 0.611. The van der Waals surface area contributed by atoms with E-state index in [1.54, 1.807) is 12.1 Å². The zero-order valence-electron chi connectivity index (χ0n) is 11.5. The molecule has 0 unspecified atom stereocenters. The Morgan fingerprint density at radius 3 is 1.95 bits per heavy atom. The van der Waals surface area contributed by atoms with Crippen LogP contribution in [0, 0.1) is 5.82 Å². The van der Waals surface area contributed by atoms with Gasteiger partial charge in [-0.15, -0.1) is 0 Å². The maximum Gasteiger partial charge on any atom is 0.128 e. The van der Waals surface area contributed by atoms with Gasteiger partial charge in [-0.05, 0) is 41.2 Å². The summed E-state index contributed by atoms with van der Waals surface area (Å²) in [5.41, 5.74) is 10.7. The van der Waals surface area contributed by atoms with Crippen LogP contribution in [0.5, 0.6) is 0 Å². The van der Waals surface area contributed by atoms with Crippen LogP contribution in [0.1, 0.15) is 30.5 Å². The zero-order chi connectivity index (χ0) is 13.8. The molecule has 1 nitrogen and oxygen atoms in total. The van der Waals surface area contributed by atoms with Gasteiger partial charge in [0, 0.05) is 12.1 Å². The van der Waals surface area contributed by atoms with Gasteiger partial charge in [0.15, 0.2) is 0 Å². The molecule has 100 valence electrons. The van der Waals surface area contributed by atoms with E-state index in [0.29, 0.717) is 5.56 Å². The quantitative estimate of drug-likeness (QED) is 0.877. The molecule has 0 bridgehead atoms. The molecule has 0 aliphatic carbocycles. The number of benzene rings is 2. The summed E-state index contributed by atoms with van der Waals surface area (Å²) >= 11 is 0. The van der Waals surface area contributed by atoms with Crippen molar-refractivity contribution in [2.45, 2.75) is 33.2 Å². The predicted octanol–water partition coefficient (Wildman–Crippen LogP) is 4.08. The van der Waals surface area contributed by atoms with Crippen LogP contribution in [-0.2, 0) is 19.4 Å². The second kappa shape index (κ2) is 5.98. The van der Waals surface area contributed by atoms with Crippen molar-refractivity contribution in [1.29, 1.82) is 0 Å². The molecule has 2 aromatic rings. The predicted molar refractivity (Wildman–Crippen MR) is 78.5 cm³/mol. The smallest absolute Gasteiger partial charge is 0.128 e. The van der Waals surface area contributed by atoms with E-state index in [1.807, 2.05) is 6.07 Å². The number of rotatable bonds is 4. The molecule has 2 N–H and O–H groups in total. The number of aryl methyl sites for hydroxylation is 2. The lowest BCUT2D eigenvalue weighted by Crippen LogP contribution is -1.99. The standard InChI is InChI=1S/C17H20FN/c1-3-12-5-6-14(9-13(12)4-2)15-7-8-16(11-19)17(18)10-15/h5-10H,3-4,11,19H2,1-2H3. The van der Waals surface area contributed by atoms with E-state index in [0.717, 1.165) is 24.0 Å². The fraction of sp³-hybridized carbons (Fsp3) is 0.294. The van der Waals surface area contributed by atoms with Gasteiger partial charge < -0.3 is 5.73 Å². The molecule has 2 rings (SSSR count). The molecular formula is C17H20FN. The van der Waals surface area contributed by atoms with Crippen LogP contribution in [-0.4, -0.2) is 0 Å². The molecule has 0 saturated carbocycles. The molecule has 0 amide bonds. The van der Waals surface area contributed by atoms with Crippen molar-refractivity contribution in [2.75, 3.05) is 0 Å². The van der Waals surface area contributed by atoms with Gasteiger partial charge in [0.1, 0.15) is 5.82 Å². The molecule has 0 saturated heterocycles. The molecule has 0 atom stereocenters. The van der Waals surface area contributed by atoms with Crippen LogP contribution in [0.15, 0.2) is 36.4 Å². The first-order valence-corrected chi connectivity index (χ1v) is 6.80. The Balaban J connectivity index is 2.44. The Morgan fingerprint density at radius 1 is 0.842 bits per heavy atom. The van der Waals surface area contributed by atoms with Crippen molar-refractivity contribution in [2.24, 2.45) is 5.73 Å². The van der Waals surface area contributed by atoms with Gasteiger partial charge in [0.2, 0.25) is 0 Å². The number of hydrogen-bond donors (Lipinski definition) is 1. The largest absolute Gasteiger partial charge is 0.326 e. The van der Waals surface area contributed by atoms with Crippen LogP contribution in [0.3, 0.4) is 0 Å². The lowest BCUT2D eigenvalue weighted by Gasteiger charge is -2.10. The van der Waals surface area contributed by atoms with Gasteiger partial charge >= 0.3 is 0 Å². The Labute approximate surface area is 114 Å².